The van der Waals surface area contributed by atoms with Gasteiger partial charge in [0.25, 0.3) is 0 Å². The Morgan fingerprint density at radius 2 is 1.92 bits per heavy atom. The fourth-order valence-electron chi connectivity index (χ4n) is 0.994. The van der Waals surface area contributed by atoms with E-state index in [-0.39, 0.29) is 11.5 Å². The lowest BCUT2D eigenvalue weighted by atomic mass is 9.87. The Kier molecular flexibility index (Phi) is 4.58. The Morgan fingerprint density at radius 3 is 2.17 bits per heavy atom. The standard InChI is InChI=1S/C10H20OSi/c1-7-8-9(10(2,3)4)11-12(5)6/h1,9,12H,8H2,2-6H3. The summed E-state index contributed by atoms with van der Waals surface area (Å²) in [5.74, 6) is 2.68. The van der Waals surface area contributed by atoms with Crippen LogP contribution in [0, 0.1) is 17.8 Å². The molecule has 1 unspecified atom stereocenters. The van der Waals surface area contributed by atoms with Crippen LogP contribution in [0.25, 0.3) is 0 Å². The van der Waals surface area contributed by atoms with Gasteiger partial charge in [0.2, 0.25) is 0 Å². The third-order valence-corrected chi connectivity index (χ3v) is 2.58. The van der Waals surface area contributed by atoms with E-state index in [1.165, 1.54) is 0 Å². The first kappa shape index (κ1) is 11.7. The number of terminal acetylenes is 1. The fraction of sp³-hybridized carbons (Fsp3) is 0.800. The van der Waals surface area contributed by atoms with Crippen molar-refractivity contribution in [3.63, 3.8) is 0 Å². The highest BCUT2D eigenvalue weighted by Crippen LogP contribution is 2.25. The monoisotopic (exact) mass is 184 g/mol. The molecule has 0 rings (SSSR count). The number of hydrogen-bond donors (Lipinski definition) is 0. The van der Waals surface area contributed by atoms with E-state index in [0.29, 0.717) is 0 Å². The van der Waals surface area contributed by atoms with Gasteiger partial charge in [0.05, 0.1) is 6.10 Å². The zero-order valence-electron chi connectivity index (χ0n) is 8.85. The highest BCUT2D eigenvalue weighted by atomic mass is 28.3. The van der Waals surface area contributed by atoms with Gasteiger partial charge in [0.1, 0.15) is 0 Å². The molecule has 0 bridgehead atoms. The van der Waals surface area contributed by atoms with Gasteiger partial charge in [-0.3, -0.25) is 0 Å². The summed E-state index contributed by atoms with van der Waals surface area (Å²) in [5, 5.41) is 0. The molecular formula is C10H20OSi. The Labute approximate surface area is 78.2 Å². The van der Waals surface area contributed by atoms with Gasteiger partial charge in [-0.15, -0.1) is 12.3 Å². The van der Waals surface area contributed by atoms with Gasteiger partial charge < -0.3 is 4.43 Å². The third kappa shape index (κ3) is 4.58. The van der Waals surface area contributed by atoms with Crippen molar-refractivity contribution in [3.8, 4) is 12.3 Å². The van der Waals surface area contributed by atoms with E-state index >= 15 is 0 Å². The second-order valence-electron chi connectivity index (χ2n) is 4.45. The molecule has 0 saturated heterocycles. The molecule has 12 heavy (non-hydrogen) atoms. The summed E-state index contributed by atoms with van der Waals surface area (Å²) in [6.45, 7) is 10.9. The topological polar surface area (TPSA) is 9.23 Å². The molecule has 0 aliphatic heterocycles. The van der Waals surface area contributed by atoms with Crippen LogP contribution in [0.15, 0.2) is 0 Å². The Morgan fingerprint density at radius 1 is 1.42 bits per heavy atom. The summed E-state index contributed by atoms with van der Waals surface area (Å²) in [6, 6.07) is 0. The lowest BCUT2D eigenvalue weighted by molar-refractivity contribution is 0.0911. The number of rotatable bonds is 3. The lowest BCUT2D eigenvalue weighted by Crippen LogP contribution is -2.32. The summed E-state index contributed by atoms with van der Waals surface area (Å²) in [5.41, 5.74) is 0.170. The summed E-state index contributed by atoms with van der Waals surface area (Å²) in [7, 11) is -0.955. The maximum Gasteiger partial charge on any atom is 0.171 e. The predicted molar refractivity (Wildman–Crippen MR) is 56.7 cm³/mol. The van der Waals surface area contributed by atoms with Crippen molar-refractivity contribution < 1.29 is 4.43 Å². The zero-order valence-corrected chi connectivity index (χ0v) is 10.0. The smallest absolute Gasteiger partial charge is 0.171 e. The van der Waals surface area contributed by atoms with E-state index in [9.17, 15) is 0 Å². The Bertz CT molecular complexity index is 162. The van der Waals surface area contributed by atoms with Crippen molar-refractivity contribution in [1.29, 1.82) is 0 Å². The van der Waals surface area contributed by atoms with E-state index in [1.807, 2.05) is 0 Å². The second-order valence-corrected chi connectivity index (χ2v) is 6.82. The highest BCUT2D eigenvalue weighted by Gasteiger charge is 2.24. The molecule has 0 fully saturated rings. The van der Waals surface area contributed by atoms with Gasteiger partial charge in [-0.05, 0) is 18.5 Å². The first-order valence-electron chi connectivity index (χ1n) is 4.47. The minimum atomic E-state index is -0.955. The van der Waals surface area contributed by atoms with Crippen molar-refractivity contribution in [2.45, 2.75) is 46.4 Å². The summed E-state index contributed by atoms with van der Waals surface area (Å²) >= 11 is 0. The zero-order chi connectivity index (χ0) is 9.78. The average molecular weight is 184 g/mol. The molecule has 1 nitrogen and oxygen atoms in total. The normalized spacial score (nSPS) is 14.4. The maximum absolute atomic E-state index is 5.85. The third-order valence-electron chi connectivity index (χ3n) is 1.71. The molecule has 0 heterocycles. The van der Waals surface area contributed by atoms with Crippen LogP contribution >= 0.6 is 0 Å². The summed E-state index contributed by atoms with van der Waals surface area (Å²) in [6.07, 6.45) is 6.25. The van der Waals surface area contributed by atoms with Gasteiger partial charge in [-0.25, -0.2) is 0 Å². The fourth-order valence-corrected chi connectivity index (χ4v) is 2.16. The molecule has 0 aromatic rings. The summed E-state index contributed by atoms with van der Waals surface area (Å²) < 4.78 is 5.85. The molecule has 0 aromatic carbocycles. The van der Waals surface area contributed by atoms with E-state index in [0.717, 1.165) is 6.42 Å². The molecule has 0 aliphatic rings. The molecule has 2 heteroatoms. The molecular weight excluding hydrogens is 164 g/mol. The molecule has 0 spiro atoms. The molecule has 0 amide bonds. The maximum atomic E-state index is 5.85. The minimum absolute atomic E-state index is 0.170. The molecule has 0 saturated carbocycles. The van der Waals surface area contributed by atoms with Crippen LogP contribution < -0.4 is 0 Å². The van der Waals surface area contributed by atoms with Crippen LogP contribution in [0.2, 0.25) is 13.1 Å². The van der Waals surface area contributed by atoms with Crippen molar-refractivity contribution in [3.05, 3.63) is 0 Å². The Hall–Kier alpha value is -0.263. The summed E-state index contributed by atoms with van der Waals surface area (Å²) in [4.78, 5) is 0. The van der Waals surface area contributed by atoms with Gasteiger partial charge in [-0.1, -0.05) is 20.8 Å². The molecule has 0 radical (unpaired) electrons. The quantitative estimate of drug-likeness (QED) is 0.483. The molecule has 0 aromatic heterocycles. The van der Waals surface area contributed by atoms with Crippen molar-refractivity contribution >= 4 is 9.04 Å². The molecule has 1 atom stereocenters. The minimum Gasteiger partial charge on any atom is -0.416 e. The van der Waals surface area contributed by atoms with Crippen LogP contribution in [0.5, 0.6) is 0 Å². The van der Waals surface area contributed by atoms with Crippen LogP contribution in [0.3, 0.4) is 0 Å². The molecule has 0 aliphatic carbocycles. The van der Waals surface area contributed by atoms with Crippen LogP contribution in [-0.2, 0) is 4.43 Å². The van der Waals surface area contributed by atoms with Gasteiger partial charge in [0.15, 0.2) is 9.04 Å². The van der Waals surface area contributed by atoms with E-state index in [4.69, 9.17) is 10.8 Å². The lowest BCUT2D eigenvalue weighted by Gasteiger charge is -2.31. The number of hydrogen-bond acceptors (Lipinski definition) is 1. The van der Waals surface area contributed by atoms with Crippen molar-refractivity contribution in [1.82, 2.24) is 0 Å². The van der Waals surface area contributed by atoms with Crippen LogP contribution in [0.1, 0.15) is 27.2 Å². The van der Waals surface area contributed by atoms with E-state index in [2.05, 4.69) is 39.8 Å². The largest absolute Gasteiger partial charge is 0.416 e. The molecule has 70 valence electrons. The van der Waals surface area contributed by atoms with Crippen LogP contribution in [-0.4, -0.2) is 15.1 Å². The van der Waals surface area contributed by atoms with Crippen LogP contribution in [0.4, 0.5) is 0 Å². The van der Waals surface area contributed by atoms with Gasteiger partial charge >= 0.3 is 0 Å². The first-order valence-corrected chi connectivity index (χ1v) is 7.25. The highest BCUT2D eigenvalue weighted by molar-refractivity contribution is 6.48. The molecule has 0 N–H and O–H groups in total. The Balaban J connectivity index is 4.16. The van der Waals surface area contributed by atoms with Gasteiger partial charge in [0, 0.05) is 6.42 Å². The first-order chi connectivity index (χ1) is 5.38. The van der Waals surface area contributed by atoms with Gasteiger partial charge in [-0.2, -0.15) is 0 Å². The van der Waals surface area contributed by atoms with Crippen molar-refractivity contribution in [2.24, 2.45) is 5.41 Å². The predicted octanol–water partition coefficient (Wildman–Crippen LogP) is 2.42. The second kappa shape index (κ2) is 4.69. The van der Waals surface area contributed by atoms with E-state index in [1.54, 1.807) is 0 Å². The van der Waals surface area contributed by atoms with E-state index < -0.39 is 9.04 Å². The average Bonchev–Trinajstić information content (AvgIpc) is 1.83. The SMILES string of the molecule is C#CCC(O[SiH](C)C)C(C)(C)C. The van der Waals surface area contributed by atoms with Crippen molar-refractivity contribution in [2.75, 3.05) is 0 Å².